The molecule has 1 atom stereocenters. The molecule has 0 saturated carbocycles. The minimum Gasteiger partial charge on any atom is -0.481 e. The van der Waals surface area contributed by atoms with Gasteiger partial charge in [-0.25, -0.2) is 4.79 Å². The number of carbonyl (C=O) groups is 1. The predicted molar refractivity (Wildman–Crippen MR) is 57.5 cm³/mol. The van der Waals surface area contributed by atoms with Crippen LogP contribution in [0.1, 0.15) is 19.4 Å². The van der Waals surface area contributed by atoms with Crippen molar-refractivity contribution in [1.29, 1.82) is 0 Å². The van der Waals surface area contributed by atoms with Gasteiger partial charge in [-0.15, -0.1) is 0 Å². The summed E-state index contributed by atoms with van der Waals surface area (Å²) < 4.78 is 1.22. The van der Waals surface area contributed by atoms with Gasteiger partial charge in [-0.2, -0.15) is 0 Å². The lowest BCUT2D eigenvalue weighted by molar-refractivity contribution is -0.141. The van der Waals surface area contributed by atoms with Crippen molar-refractivity contribution < 1.29 is 9.90 Å². The van der Waals surface area contributed by atoms with Crippen LogP contribution in [0.25, 0.3) is 0 Å². The summed E-state index contributed by atoms with van der Waals surface area (Å²) in [7, 11) is 0. The second kappa shape index (κ2) is 4.78. The van der Waals surface area contributed by atoms with Crippen molar-refractivity contribution in [2.24, 2.45) is 5.92 Å². The first kappa shape index (κ1) is 12.2. The van der Waals surface area contributed by atoms with Crippen LogP contribution in [-0.4, -0.2) is 20.6 Å². The summed E-state index contributed by atoms with van der Waals surface area (Å²) in [6.07, 6.45) is 1.91. The lowest BCUT2D eigenvalue weighted by atomic mass is 10.2. The number of carboxylic acids is 1. The van der Waals surface area contributed by atoms with Gasteiger partial charge in [0.05, 0.1) is 5.92 Å². The zero-order valence-corrected chi connectivity index (χ0v) is 9.19. The Bertz CT molecular complexity index is 500. The van der Waals surface area contributed by atoms with E-state index in [4.69, 9.17) is 5.11 Å². The van der Waals surface area contributed by atoms with Crippen LogP contribution in [0.2, 0.25) is 0 Å². The minimum atomic E-state index is -0.976. The molecule has 16 heavy (non-hydrogen) atoms. The lowest BCUT2D eigenvalue weighted by Gasteiger charge is -2.09. The van der Waals surface area contributed by atoms with Crippen molar-refractivity contribution >= 4 is 5.97 Å². The highest BCUT2D eigenvalue weighted by Crippen LogP contribution is 1.98. The summed E-state index contributed by atoms with van der Waals surface area (Å²) in [5, 5.41) is 8.73. The van der Waals surface area contributed by atoms with E-state index < -0.39 is 23.1 Å². The van der Waals surface area contributed by atoms with E-state index in [9.17, 15) is 14.4 Å². The maximum atomic E-state index is 11.4. The van der Waals surface area contributed by atoms with Gasteiger partial charge in [0.25, 0.3) is 5.56 Å². The van der Waals surface area contributed by atoms with Crippen molar-refractivity contribution in [2.75, 3.05) is 0 Å². The standard InChI is InChI=1S/C10H14N2O4/c1-3-7-5-12(4-6(2)9(14)15)10(16)11-8(7)13/h5-6H,3-4H2,1-2H3,(H,14,15)(H,11,13,16). The molecule has 0 fully saturated rings. The van der Waals surface area contributed by atoms with Gasteiger partial charge in [-0.1, -0.05) is 13.8 Å². The van der Waals surface area contributed by atoms with Gasteiger partial charge in [0.15, 0.2) is 0 Å². The summed E-state index contributed by atoms with van der Waals surface area (Å²) in [6.45, 7) is 3.35. The van der Waals surface area contributed by atoms with Gasteiger partial charge < -0.3 is 5.11 Å². The molecule has 6 heteroatoms. The summed E-state index contributed by atoms with van der Waals surface area (Å²) in [4.78, 5) is 35.4. The van der Waals surface area contributed by atoms with E-state index >= 15 is 0 Å². The molecule has 0 spiro atoms. The molecule has 0 radical (unpaired) electrons. The van der Waals surface area contributed by atoms with Crippen molar-refractivity contribution in [2.45, 2.75) is 26.8 Å². The van der Waals surface area contributed by atoms with Gasteiger partial charge >= 0.3 is 11.7 Å². The number of aromatic amines is 1. The molecular formula is C10H14N2O4. The third-order valence-corrected chi connectivity index (χ3v) is 2.36. The summed E-state index contributed by atoms with van der Waals surface area (Å²) in [5.41, 5.74) is -0.515. The van der Waals surface area contributed by atoms with Crippen LogP contribution in [0.15, 0.2) is 15.8 Å². The molecule has 0 aromatic carbocycles. The van der Waals surface area contributed by atoms with Crippen molar-refractivity contribution in [3.63, 3.8) is 0 Å². The Morgan fingerprint density at radius 2 is 2.19 bits per heavy atom. The molecule has 1 heterocycles. The van der Waals surface area contributed by atoms with E-state index in [-0.39, 0.29) is 6.54 Å². The monoisotopic (exact) mass is 226 g/mol. The number of carboxylic acid groups (broad SMARTS) is 1. The third kappa shape index (κ3) is 2.59. The number of hydrogen-bond donors (Lipinski definition) is 2. The Labute approximate surface area is 91.5 Å². The van der Waals surface area contributed by atoms with Gasteiger partial charge in [-0.05, 0) is 6.42 Å². The molecule has 1 aromatic heterocycles. The Morgan fingerprint density at radius 3 is 2.69 bits per heavy atom. The Hall–Kier alpha value is -1.85. The molecule has 6 nitrogen and oxygen atoms in total. The largest absolute Gasteiger partial charge is 0.481 e. The van der Waals surface area contributed by atoms with E-state index in [1.807, 2.05) is 0 Å². The van der Waals surface area contributed by atoms with Crippen LogP contribution >= 0.6 is 0 Å². The third-order valence-electron chi connectivity index (χ3n) is 2.36. The zero-order valence-electron chi connectivity index (χ0n) is 9.19. The number of aromatic nitrogens is 2. The van der Waals surface area contributed by atoms with Gasteiger partial charge in [0.1, 0.15) is 0 Å². The molecule has 1 aromatic rings. The molecule has 0 bridgehead atoms. The first-order valence-corrected chi connectivity index (χ1v) is 5.01. The normalized spacial score (nSPS) is 12.4. The zero-order chi connectivity index (χ0) is 12.3. The van der Waals surface area contributed by atoms with Crippen molar-refractivity contribution in [3.8, 4) is 0 Å². The maximum Gasteiger partial charge on any atom is 0.328 e. The second-order valence-corrected chi connectivity index (χ2v) is 3.66. The number of nitrogens with zero attached hydrogens (tertiary/aromatic N) is 1. The SMILES string of the molecule is CCc1cn(CC(C)C(=O)O)c(=O)[nH]c1=O. The van der Waals surface area contributed by atoms with E-state index in [1.165, 1.54) is 17.7 Å². The molecule has 2 N–H and O–H groups in total. The highest BCUT2D eigenvalue weighted by molar-refractivity contribution is 5.69. The molecule has 0 aliphatic heterocycles. The highest BCUT2D eigenvalue weighted by atomic mass is 16.4. The predicted octanol–water partition coefficient (Wildman–Crippen LogP) is -0.180. The van der Waals surface area contributed by atoms with Gasteiger partial charge in [-0.3, -0.25) is 19.1 Å². The fourth-order valence-corrected chi connectivity index (χ4v) is 1.32. The maximum absolute atomic E-state index is 11.4. The van der Waals surface area contributed by atoms with Crippen LogP contribution < -0.4 is 11.2 Å². The fraction of sp³-hybridized carbons (Fsp3) is 0.500. The summed E-state index contributed by atoms with van der Waals surface area (Å²) >= 11 is 0. The quantitative estimate of drug-likeness (QED) is 0.744. The van der Waals surface area contributed by atoms with Gasteiger partial charge in [0.2, 0.25) is 0 Å². The van der Waals surface area contributed by atoms with Crippen molar-refractivity contribution in [3.05, 3.63) is 32.6 Å². The average Bonchev–Trinajstić information content (AvgIpc) is 2.21. The fourth-order valence-electron chi connectivity index (χ4n) is 1.32. The lowest BCUT2D eigenvalue weighted by Crippen LogP contribution is -2.34. The number of aryl methyl sites for hydroxylation is 1. The topological polar surface area (TPSA) is 92.2 Å². The van der Waals surface area contributed by atoms with Gasteiger partial charge in [0, 0.05) is 18.3 Å². The van der Waals surface area contributed by atoms with Crippen LogP contribution in [0.3, 0.4) is 0 Å². The van der Waals surface area contributed by atoms with E-state index in [0.29, 0.717) is 12.0 Å². The first-order valence-electron chi connectivity index (χ1n) is 5.01. The molecule has 0 saturated heterocycles. The number of nitrogens with one attached hydrogen (secondary N) is 1. The average molecular weight is 226 g/mol. The Morgan fingerprint density at radius 1 is 1.56 bits per heavy atom. The number of aliphatic carboxylic acids is 1. The summed E-state index contributed by atoms with van der Waals surface area (Å²) in [6, 6.07) is 0. The number of rotatable bonds is 4. The van der Waals surface area contributed by atoms with E-state index in [2.05, 4.69) is 4.98 Å². The highest BCUT2D eigenvalue weighted by Gasteiger charge is 2.13. The number of H-pyrrole nitrogens is 1. The Balaban J connectivity index is 3.10. The van der Waals surface area contributed by atoms with Crippen LogP contribution in [0.5, 0.6) is 0 Å². The molecule has 88 valence electrons. The van der Waals surface area contributed by atoms with E-state index in [1.54, 1.807) is 6.92 Å². The first-order chi connectivity index (χ1) is 7.45. The molecule has 1 unspecified atom stereocenters. The van der Waals surface area contributed by atoms with Crippen LogP contribution in [0.4, 0.5) is 0 Å². The Kier molecular flexibility index (Phi) is 3.65. The molecule has 1 rings (SSSR count). The van der Waals surface area contributed by atoms with Crippen LogP contribution in [0, 0.1) is 5.92 Å². The molecule has 0 aliphatic rings. The number of hydrogen-bond acceptors (Lipinski definition) is 3. The minimum absolute atomic E-state index is 0.0535. The molecule has 0 aliphatic carbocycles. The van der Waals surface area contributed by atoms with E-state index in [0.717, 1.165) is 0 Å². The molecular weight excluding hydrogens is 212 g/mol. The second-order valence-electron chi connectivity index (χ2n) is 3.66. The molecule has 0 amide bonds. The summed E-state index contributed by atoms with van der Waals surface area (Å²) in [5.74, 6) is -1.65. The van der Waals surface area contributed by atoms with Crippen molar-refractivity contribution in [1.82, 2.24) is 9.55 Å². The van der Waals surface area contributed by atoms with Crippen LogP contribution in [-0.2, 0) is 17.8 Å². The smallest absolute Gasteiger partial charge is 0.328 e.